The molecule has 0 aromatic heterocycles. The summed E-state index contributed by atoms with van der Waals surface area (Å²) in [4.78, 5) is 10.2. The van der Waals surface area contributed by atoms with Gasteiger partial charge >= 0.3 is 5.97 Å². The SMILES string of the molecule is O=C(O)CSCc1cc(F)ccc1Br. The number of hydrogen-bond donors (Lipinski definition) is 1. The van der Waals surface area contributed by atoms with Gasteiger partial charge in [-0.2, -0.15) is 0 Å². The number of carbonyl (C=O) groups is 1. The monoisotopic (exact) mass is 278 g/mol. The Morgan fingerprint density at radius 2 is 2.29 bits per heavy atom. The summed E-state index contributed by atoms with van der Waals surface area (Å²) in [7, 11) is 0. The number of thioether (sulfide) groups is 1. The molecule has 1 aromatic carbocycles. The zero-order valence-corrected chi connectivity index (χ0v) is 9.57. The summed E-state index contributed by atoms with van der Waals surface area (Å²) in [6.07, 6.45) is 0. The molecule has 0 saturated carbocycles. The molecule has 0 aliphatic carbocycles. The molecule has 1 N–H and O–H groups in total. The van der Waals surface area contributed by atoms with Crippen molar-refractivity contribution in [3.8, 4) is 0 Å². The summed E-state index contributed by atoms with van der Waals surface area (Å²) in [5.41, 5.74) is 0.774. The summed E-state index contributed by atoms with van der Waals surface area (Å²) >= 11 is 4.51. The number of hydrogen-bond acceptors (Lipinski definition) is 2. The van der Waals surface area contributed by atoms with Gasteiger partial charge in [-0.05, 0) is 23.8 Å². The highest BCUT2D eigenvalue weighted by Crippen LogP contribution is 2.22. The van der Waals surface area contributed by atoms with Crippen LogP contribution in [-0.4, -0.2) is 16.8 Å². The molecule has 0 unspecified atom stereocenters. The van der Waals surface area contributed by atoms with E-state index in [-0.39, 0.29) is 11.6 Å². The standard InChI is InChI=1S/C9H8BrFO2S/c10-8-2-1-7(11)3-6(8)4-14-5-9(12)13/h1-3H,4-5H2,(H,12,13). The number of carboxylic acid groups (broad SMARTS) is 1. The lowest BCUT2D eigenvalue weighted by atomic mass is 10.2. The maximum Gasteiger partial charge on any atom is 0.313 e. The smallest absolute Gasteiger partial charge is 0.313 e. The second-order valence-corrected chi connectivity index (χ2v) is 4.46. The van der Waals surface area contributed by atoms with Crippen molar-refractivity contribution in [2.45, 2.75) is 5.75 Å². The van der Waals surface area contributed by atoms with E-state index in [4.69, 9.17) is 5.11 Å². The molecular weight excluding hydrogens is 271 g/mol. The van der Waals surface area contributed by atoms with Crippen LogP contribution in [0.2, 0.25) is 0 Å². The second kappa shape index (κ2) is 5.36. The Labute approximate surface area is 93.6 Å². The summed E-state index contributed by atoms with van der Waals surface area (Å²) < 4.78 is 13.6. The minimum Gasteiger partial charge on any atom is -0.481 e. The molecule has 5 heteroatoms. The van der Waals surface area contributed by atoms with Gasteiger partial charge in [0.05, 0.1) is 5.75 Å². The van der Waals surface area contributed by atoms with E-state index in [2.05, 4.69) is 15.9 Å². The molecule has 1 rings (SSSR count). The van der Waals surface area contributed by atoms with Crippen LogP contribution in [0.1, 0.15) is 5.56 Å². The molecule has 2 nitrogen and oxygen atoms in total. The van der Waals surface area contributed by atoms with Gasteiger partial charge in [-0.25, -0.2) is 4.39 Å². The van der Waals surface area contributed by atoms with E-state index in [1.165, 1.54) is 23.9 Å². The van der Waals surface area contributed by atoms with Crippen molar-refractivity contribution in [3.63, 3.8) is 0 Å². The van der Waals surface area contributed by atoms with Crippen molar-refractivity contribution in [3.05, 3.63) is 34.1 Å². The molecule has 0 amide bonds. The Kier molecular flexibility index (Phi) is 4.41. The number of benzene rings is 1. The van der Waals surface area contributed by atoms with E-state index >= 15 is 0 Å². The second-order valence-electron chi connectivity index (χ2n) is 2.62. The van der Waals surface area contributed by atoms with Crippen LogP contribution >= 0.6 is 27.7 Å². The van der Waals surface area contributed by atoms with Crippen molar-refractivity contribution in [1.29, 1.82) is 0 Å². The predicted octanol–water partition coefficient (Wildman–Crippen LogP) is 2.91. The molecule has 0 heterocycles. The topological polar surface area (TPSA) is 37.3 Å². The highest BCUT2D eigenvalue weighted by atomic mass is 79.9. The van der Waals surface area contributed by atoms with Crippen molar-refractivity contribution in [1.82, 2.24) is 0 Å². The molecule has 0 saturated heterocycles. The largest absolute Gasteiger partial charge is 0.481 e. The van der Waals surface area contributed by atoms with E-state index in [0.29, 0.717) is 5.75 Å². The van der Waals surface area contributed by atoms with Gasteiger partial charge in [0.25, 0.3) is 0 Å². The van der Waals surface area contributed by atoms with E-state index < -0.39 is 5.97 Å². The van der Waals surface area contributed by atoms with E-state index in [0.717, 1.165) is 10.0 Å². The molecular formula is C9H8BrFO2S. The number of aliphatic carboxylic acids is 1. The van der Waals surface area contributed by atoms with E-state index in [1.807, 2.05) is 0 Å². The van der Waals surface area contributed by atoms with Crippen LogP contribution in [0.25, 0.3) is 0 Å². The lowest BCUT2D eigenvalue weighted by molar-refractivity contribution is -0.133. The first kappa shape index (κ1) is 11.5. The zero-order valence-electron chi connectivity index (χ0n) is 7.17. The van der Waals surface area contributed by atoms with Crippen LogP contribution in [0.3, 0.4) is 0 Å². The molecule has 0 bridgehead atoms. The Hall–Kier alpha value is -0.550. The first-order valence-corrected chi connectivity index (χ1v) is 5.78. The molecule has 0 aliphatic heterocycles. The van der Waals surface area contributed by atoms with Gasteiger partial charge in [0, 0.05) is 10.2 Å². The van der Waals surface area contributed by atoms with Crippen molar-refractivity contribution in [2.75, 3.05) is 5.75 Å². The average Bonchev–Trinajstić information content (AvgIpc) is 2.10. The van der Waals surface area contributed by atoms with Crippen molar-refractivity contribution in [2.24, 2.45) is 0 Å². The van der Waals surface area contributed by atoms with Gasteiger partial charge in [0.1, 0.15) is 5.82 Å². The summed E-state index contributed by atoms with van der Waals surface area (Å²) in [6.45, 7) is 0. The molecule has 1 aromatic rings. The third kappa shape index (κ3) is 3.67. The summed E-state index contributed by atoms with van der Waals surface area (Å²) in [6, 6.07) is 4.38. The van der Waals surface area contributed by atoms with Crippen molar-refractivity contribution >= 4 is 33.7 Å². The molecule has 0 atom stereocenters. The Morgan fingerprint density at radius 1 is 1.57 bits per heavy atom. The maximum atomic E-state index is 12.8. The lowest BCUT2D eigenvalue weighted by Gasteiger charge is -2.02. The Balaban J connectivity index is 2.57. The minimum absolute atomic E-state index is 0.0307. The molecule has 0 fully saturated rings. The third-order valence-electron chi connectivity index (χ3n) is 1.49. The maximum absolute atomic E-state index is 12.8. The first-order valence-electron chi connectivity index (χ1n) is 3.83. The van der Waals surface area contributed by atoms with E-state index in [9.17, 15) is 9.18 Å². The van der Waals surface area contributed by atoms with Crippen LogP contribution in [0.15, 0.2) is 22.7 Å². The Bertz CT molecular complexity index is 344. The quantitative estimate of drug-likeness (QED) is 0.920. The highest BCUT2D eigenvalue weighted by Gasteiger charge is 2.03. The number of carboxylic acids is 1. The Morgan fingerprint density at radius 3 is 2.93 bits per heavy atom. The summed E-state index contributed by atoms with van der Waals surface area (Å²) in [5, 5.41) is 8.41. The van der Waals surface area contributed by atoms with Gasteiger partial charge in [-0.3, -0.25) is 4.79 Å². The fraction of sp³-hybridized carbons (Fsp3) is 0.222. The zero-order chi connectivity index (χ0) is 10.6. The first-order chi connectivity index (χ1) is 6.59. The average molecular weight is 279 g/mol. The lowest BCUT2D eigenvalue weighted by Crippen LogP contribution is -1.98. The summed E-state index contributed by atoms with van der Waals surface area (Å²) in [5.74, 6) is -0.644. The van der Waals surface area contributed by atoms with Gasteiger partial charge in [0.2, 0.25) is 0 Å². The van der Waals surface area contributed by atoms with E-state index in [1.54, 1.807) is 6.07 Å². The van der Waals surface area contributed by atoms with Gasteiger partial charge in [-0.15, -0.1) is 11.8 Å². The van der Waals surface area contributed by atoms with Crippen LogP contribution < -0.4 is 0 Å². The van der Waals surface area contributed by atoms with Crippen LogP contribution in [-0.2, 0) is 10.5 Å². The molecule has 0 radical (unpaired) electrons. The molecule has 0 aliphatic rings. The fourth-order valence-corrected chi connectivity index (χ4v) is 2.21. The normalized spacial score (nSPS) is 10.1. The fourth-order valence-electron chi connectivity index (χ4n) is 0.902. The van der Waals surface area contributed by atoms with Crippen LogP contribution in [0.4, 0.5) is 4.39 Å². The predicted molar refractivity (Wildman–Crippen MR) is 57.9 cm³/mol. The highest BCUT2D eigenvalue weighted by molar-refractivity contribution is 9.10. The van der Waals surface area contributed by atoms with Gasteiger partial charge in [0.15, 0.2) is 0 Å². The number of rotatable bonds is 4. The molecule has 76 valence electrons. The molecule has 0 spiro atoms. The molecule has 14 heavy (non-hydrogen) atoms. The van der Waals surface area contributed by atoms with Crippen LogP contribution in [0.5, 0.6) is 0 Å². The number of halogens is 2. The third-order valence-corrected chi connectivity index (χ3v) is 3.23. The van der Waals surface area contributed by atoms with Gasteiger partial charge < -0.3 is 5.11 Å². The van der Waals surface area contributed by atoms with Crippen molar-refractivity contribution < 1.29 is 14.3 Å². The van der Waals surface area contributed by atoms with Gasteiger partial charge in [-0.1, -0.05) is 15.9 Å². The van der Waals surface area contributed by atoms with Crippen LogP contribution in [0, 0.1) is 5.82 Å². The minimum atomic E-state index is -0.859.